The van der Waals surface area contributed by atoms with Crippen LogP contribution in [0.3, 0.4) is 0 Å². The van der Waals surface area contributed by atoms with Gasteiger partial charge in [-0.2, -0.15) is 4.37 Å². The van der Waals surface area contributed by atoms with Crippen LogP contribution in [0, 0.1) is 5.92 Å². The first-order valence-corrected chi connectivity index (χ1v) is 11.1. The number of carbonyl (C=O) groups is 2. The molecule has 1 atom stereocenters. The smallest absolute Gasteiger partial charge is 0.245 e. The average molecular weight is 430 g/mol. The third kappa shape index (κ3) is 4.40. The number of hydrogen-bond acceptors (Lipinski definition) is 7. The van der Waals surface area contributed by atoms with Gasteiger partial charge in [-0.05, 0) is 43.4 Å². The van der Waals surface area contributed by atoms with Gasteiger partial charge in [0, 0.05) is 43.5 Å². The van der Waals surface area contributed by atoms with Crippen LogP contribution in [0.1, 0.15) is 37.1 Å². The summed E-state index contributed by atoms with van der Waals surface area (Å²) in [6.07, 6.45) is 3.70. The molecule has 0 saturated carbocycles. The molecule has 2 aliphatic heterocycles. The van der Waals surface area contributed by atoms with Gasteiger partial charge < -0.3 is 20.3 Å². The zero-order valence-electron chi connectivity index (χ0n) is 17.1. The Bertz CT molecular complexity index is 910. The van der Waals surface area contributed by atoms with E-state index in [9.17, 15) is 9.59 Å². The molecule has 160 valence electrons. The van der Waals surface area contributed by atoms with E-state index in [1.807, 2.05) is 29.2 Å². The number of hydrogen-bond donors (Lipinski definition) is 1. The van der Waals surface area contributed by atoms with E-state index in [-0.39, 0.29) is 23.8 Å². The number of benzene rings is 1. The van der Waals surface area contributed by atoms with Crippen LogP contribution in [0.25, 0.3) is 0 Å². The lowest BCUT2D eigenvalue weighted by Gasteiger charge is -2.34. The summed E-state index contributed by atoms with van der Waals surface area (Å²) in [5, 5.41) is 0.802. The highest BCUT2D eigenvalue weighted by molar-refractivity contribution is 7.09. The molecule has 3 heterocycles. The van der Waals surface area contributed by atoms with E-state index in [2.05, 4.69) is 9.27 Å². The number of ether oxygens (including phenoxy) is 1. The average Bonchev–Trinajstić information content (AvgIpc) is 3.43. The summed E-state index contributed by atoms with van der Waals surface area (Å²) < 4.78 is 9.80. The van der Waals surface area contributed by atoms with Crippen molar-refractivity contribution in [2.45, 2.75) is 38.1 Å². The summed E-state index contributed by atoms with van der Waals surface area (Å²) in [6.45, 7) is 1.99. The summed E-state index contributed by atoms with van der Waals surface area (Å²) in [5.74, 6) is 1.31. The molecule has 1 aromatic carbocycles. The number of piperidine rings is 1. The van der Waals surface area contributed by atoms with Gasteiger partial charge in [0.05, 0.1) is 7.11 Å². The summed E-state index contributed by atoms with van der Waals surface area (Å²) in [4.78, 5) is 33.2. The minimum absolute atomic E-state index is 0.115. The van der Waals surface area contributed by atoms with E-state index in [1.165, 1.54) is 11.5 Å². The number of amides is 2. The van der Waals surface area contributed by atoms with Crippen LogP contribution < -0.4 is 15.4 Å². The van der Waals surface area contributed by atoms with Crippen LogP contribution in [0.5, 0.6) is 5.75 Å². The van der Waals surface area contributed by atoms with Crippen molar-refractivity contribution in [2.75, 3.05) is 31.6 Å². The molecule has 0 spiro atoms. The number of primary amides is 1. The first-order valence-electron chi connectivity index (χ1n) is 10.4. The molecule has 2 amide bonds. The Hall–Kier alpha value is -2.68. The Labute approximate surface area is 180 Å². The predicted molar refractivity (Wildman–Crippen MR) is 115 cm³/mol. The van der Waals surface area contributed by atoms with Gasteiger partial charge in [-0.15, -0.1) is 0 Å². The van der Waals surface area contributed by atoms with Crippen molar-refractivity contribution in [3.05, 3.63) is 35.7 Å². The highest BCUT2D eigenvalue weighted by Gasteiger charge is 2.37. The predicted octanol–water partition coefficient (Wildman–Crippen LogP) is 1.83. The van der Waals surface area contributed by atoms with Crippen LogP contribution in [0.4, 0.5) is 5.13 Å². The van der Waals surface area contributed by atoms with E-state index in [0.717, 1.165) is 41.7 Å². The molecular weight excluding hydrogens is 402 g/mol. The van der Waals surface area contributed by atoms with E-state index >= 15 is 0 Å². The van der Waals surface area contributed by atoms with Gasteiger partial charge in [-0.1, -0.05) is 12.1 Å². The van der Waals surface area contributed by atoms with Crippen molar-refractivity contribution >= 4 is 28.5 Å². The lowest BCUT2D eigenvalue weighted by Crippen LogP contribution is -2.49. The molecule has 30 heavy (non-hydrogen) atoms. The molecule has 2 aliphatic rings. The van der Waals surface area contributed by atoms with Crippen molar-refractivity contribution in [3.63, 3.8) is 0 Å². The van der Waals surface area contributed by atoms with Gasteiger partial charge in [-0.3, -0.25) is 9.59 Å². The topological polar surface area (TPSA) is 102 Å². The minimum Gasteiger partial charge on any atom is -0.497 e. The van der Waals surface area contributed by atoms with Crippen LogP contribution >= 0.6 is 11.5 Å². The molecule has 1 unspecified atom stereocenters. The Kier molecular flexibility index (Phi) is 6.17. The number of aromatic nitrogens is 2. The second kappa shape index (κ2) is 8.99. The molecule has 0 bridgehead atoms. The molecule has 8 nitrogen and oxygen atoms in total. The van der Waals surface area contributed by atoms with E-state index in [4.69, 9.17) is 15.5 Å². The Balaban J connectivity index is 1.41. The van der Waals surface area contributed by atoms with Crippen molar-refractivity contribution in [1.82, 2.24) is 14.3 Å². The third-order valence-corrected chi connectivity index (χ3v) is 6.74. The van der Waals surface area contributed by atoms with Crippen molar-refractivity contribution in [3.8, 4) is 5.75 Å². The first kappa shape index (κ1) is 20.6. The quantitative estimate of drug-likeness (QED) is 0.752. The van der Waals surface area contributed by atoms with Crippen LogP contribution in [-0.4, -0.2) is 58.9 Å². The number of methoxy groups -OCH3 is 1. The van der Waals surface area contributed by atoms with Crippen LogP contribution in [0.15, 0.2) is 24.3 Å². The number of likely N-dealkylation sites (tertiary alicyclic amines) is 1. The fourth-order valence-corrected chi connectivity index (χ4v) is 5.01. The molecule has 9 heteroatoms. The maximum atomic E-state index is 13.1. The highest BCUT2D eigenvalue weighted by atomic mass is 32.1. The van der Waals surface area contributed by atoms with E-state index in [0.29, 0.717) is 32.4 Å². The molecule has 4 rings (SSSR count). The minimum atomic E-state index is -0.262. The maximum Gasteiger partial charge on any atom is 0.245 e. The number of nitrogens with zero attached hydrogens (tertiary/aromatic N) is 4. The largest absolute Gasteiger partial charge is 0.497 e. The fraction of sp³-hybridized carbons (Fsp3) is 0.524. The van der Waals surface area contributed by atoms with Crippen molar-refractivity contribution in [1.29, 1.82) is 0 Å². The van der Waals surface area contributed by atoms with Gasteiger partial charge in [-0.25, -0.2) is 4.98 Å². The molecule has 0 aliphatic carbocycles. The number of carbonyl (C=O) groups excluding carboxylic acids is 2. The second-order valence-electron chi connectivity index (χ2n) is 7.87. The van der Waals surface area contributed by atoms with Gasteiger partial charge in [0.25, 0.3) is 0 Å². The van der Waals surface area contributed by atoms with Crippen molar-refractivity contribution < 1.29 is 14.3 Å². The molecule has 2 aromatic rings. The molecule has 0 radical (unpaired) electrons. The fourth-order valence-electron chi connectivity index (χ4n) is 4.25. The lowest BCUT2D eigenvalue weighted by molar-refractivity contribution is -0.135. The molecular formula is C21H27N5O3S. The molecule has 2 fully saturated rings. The van der Waals surface area contributed by atoms with Crippen LogP contribution in [0.2, 0.25) is 0 Å². The standard InChI is InChI=1S/C21H27N5O3S/c1-29-16-5-2-4-14(12-16)13-18-23-21(30-24-18)26-9-3-6-17(26)20(28)25-10-7-15(8-11-25)19(22)27/h2,4-5,12,15,17H,3,6-11,13H2,1H3,(H2,22,27). The molecule has 2 saturated heterocycles. The Morgan fingerprint density at radius 1 is 1.23 bits per heavy atom. The SMILES string of the molecule is COc1cccc(Cc2nsc(N3CCCC3C(=O)N3CCC(C(N)=O)CC3)n2)c1. The number of rotatable bonds is 6. The van der Waals surface area contributed by atoms with Gasteiger partial charge in [0.1, 0.15) is 17.6 Å². The number of anilines is 1. The molecule has 1 aromatic heterocycles. The van der Waals surface area contributed by atoms with Gasteiger partial charge >= 0.3 is 0 Å². The second-order valence-corrected chi connectivity index (χ2v) is 8.61. The lowest BCUT2D eigenvalue weighted by atomic mass is 9.96. The zero-order chi connectivity index (χ0) is 21.1. The Morgan fingerprint density at radius 3 is 2.77 bits per heavy atom. The monoisotopic (exact) mass is 429 g/mol. The summed E-state index contributed by atoms with van der Waals surface area (Å²) in [7, 11) is 1.65. The first-order chi connectivity index (χ1) is 14.5. The summed E-state index contributed by atoms with van der Waals surface area (Å²) in [5.41, 5.74) is 6.50. The summed E-state index contributed by atoms with van der Waals surface area (Å²) in [6, 6.07) is 7.68. The molecule has 2 N–H and O–H groups in total. The van der Waals surface area contributed by atoms with E-state index in [1.54, 1.807) is 7.11 Å². The normalized spacial score (nSPS) is 19.8. The van der Waals surface area contributed by atoms with E-state index < -0.39 is 0 Å². The van der Waals surface area contributed by atoms with Gasteiger partial charge in [0.2, 0.25) is 16.9 Å². The number of nitrogens with two attached hydrogens (primary N) is 1. The zero-order valence-corrected chi connectivity index (χ0v) is 17.9. The third-order valence-electron chi connectivity index (χ3n) is 5.95. The maximum absolute atomic E-state index is 13.1. The summed E-state index contributed by atoms with van der Waals surface area (Å²) >= 11 is 1.35. The van der Waals surface area contributed by atoms with Crippen LogP contribution in [-0.2, 0) is 16.0 Å². The highest BCUT2D eigenvalue weighted by Crippen LogP contribution is 2.30. The van der Waals surface area contributed by atoms with Gasteiger partial charge in [0.15, 0.2) is 0 Å². The Morgan fingerprint density at radius 2 is 2.03 bits per heavy atom. The van der Waals surface area contributed by atoms with Crippen molar-refractivity contribution in [2.24, 2.45) is 11.7 Å².